The molecule has 1 amide bonds. The molecule has 0 spiro atoms. The number of benzene rings is 4. The van der Waals surface area contributed by atoms with Gasteiger partial charge in [0.15, 0.2) is 0 Å². The van der Waals surface area contributed by atoms with Crippen LogP contribution < -0.4 is 10.5 Å². The van der Waals surface area contributed by atoms with Gasteiger partial charge in [0.05, 0.1) is 12.1 Å². The highest BCUT2D eigenvalue weighted by molar-refractivity contribution is 6.41. The van der Waals surface area contributed by atoms with E-state index in [1.165, 1.54) is 35.4 Å². The van der Waals surface area contributed by atoms with Crippen LogP contribution in [0.2, 0.25) is 0 Å². The number of fused-ring (bicyclic) bond motifs is 1. The lowest BCUT2D eigenvalue weighted by Crippen LogP contribution is -2.50. The minimum Gasteiger partial charge on any atom is -0.507 e. The number of pyridine rings is 1. The molecule has 7 nitrogen and oxygen atoms in total. The van der Waals surface area contributed by atoms with Gasteiger partial charge in [-0.1, -0.05) is 48.5 Å². The minimum atomic E-state index is -1.15. The molecule has 1 aromatic heterocycles. The molecule has 48 heavy (non-hydrogen) atoms. The molecule has 1 aliphatic heterocycles. The zero-order valence-electron chi connectivity index (χ0n) is 25.5. The van der Waals surface area contributed by atoms with E-state index < -0.39 is 63.8 Å². The lowest BCUT2D eigenvalue weighted by Gasteiger charge is -2.36. The Balaban J connectivity index is 1.24. The summed E-state index contributed by atoms with van der Waals surface area (Å²) in [7, 11) is 0. The largest absolute Gasteiger partial charge is 0.507 e. The molecular weight excluding hydrogens is 626 g/mol. The highest BCUT2D eigenvalue weighted by Gasteiger charge is 2.27. The van der Waals surface area contributed by atoms with Gasteiger partial charge in [-0.25, -0.2) is 17.6 Å². The molecule has 0 bridgehead atoms. The first-order chi connectivity index (χ1) is 23.1. The highest BCUT2D eigenvalue weighted by Crippen LogP contribution is 2.28. The second-order valence-corrected chi connectivity index (χ2v) is 11.5. The number of carbonyl (C=O) groups is 2. The predicted molar refractivity (Wildman–Crippen MR) is 174 cm³/mol. The van der Waals surface area contributed by atoms with Crippen molar-refractivity contribution in [2.24, 2.45) is 0 Å². The quantitative estimate of drug-likeness (QED) is 0.0959. The molecular formula is C37H29F4N3O4. The summed E-state index contributed by atoms with van der Waals surface area (Å²) in [4.78, 5) is 43.1. The van der Waals surface area contributed by atoms with Gasteiger partial charge in [0.2, 0.25) is 5.78 Å². The SMILES string of the molecule is O=C(C=C(O)c1cc(Cc2c(F)cc(F)cc2F)cn(Cc2ccc(F)cc2)c1=O)C(=O)N1CCN(c2cccc3ccccc23)CC1. The summed E-state index contributed by atoms with van der Waals surface area (Å²) in [6, 6.07) is 21.4. The second kappa shape index (κ2) is 13.6. The van der Waals surface area contributed by atoms with Crippen LogP contribution in [0.15, 0.2) is 102 Å². The lowest BCUT2D eigenvalue weighted by molar-refractivity contribution is -0.142. The van der Waals surface area contributed by atoms with Gasteiger partial charge < -0.3 is 19.5 Å². The molecule has 1 saturated heterocycles. The Labute approximate surface area is 272 Å². The fraction of sp³-hybridized carbons (Fsp3) is 0.162. The van der Waals surface area contributed by atoms with Gasteiger partial charge in [-0.2, -0.15) is 0 Å². The van der Waals surface area contributed by atoms with Gasteiger partial charge >= 0.3 is 0 Å². The van der Waals surface area contributed by atoms with E-state index in [1.807, 2.05) is 42.5 Å². The number of piperazine rings is 1. The fourth-order valence-corrected chi connectivity index (χ4v) is 5.88. The van der Waals surface area contributed by atoms with Crippen LogP contribution in [0.1, 0.15) is 22.3 Å². The van der Waals surface area contributed by atoms with Crippen LogP contribution in [0.5, 0.6) is 0 Å². The molecule has 0 radical (unpaired) electrons. The Morgan fingerprint density at radius 1 is 0.771 bits per heavy atom. The highest BCUT2D eigenvalue weighted by atomic mass is 19.1. The van der Waals surface area contributed by atoms with Crippen molar-refractivity contribution < 1.29 is 32.3 Å². The van der Waals surface area contributed by atoms with E-state index in [0.717, 1.165) is 27.1 Å². The smallest absolute Gasteiger partial charge is 0.294 e. The number of rotatable bonds is 8. The molecule has 1 fully saturated rings. The number of hydrogen-bond donors (Lipinski definition) is 1. The lowest BCUT2D eigenvalue weighted by atomic mass is 10.0. The van der Waals surface area contributed by atoms with Crippen molar-refractivity contribution in [3.63, 3.8) is 0 Å². The first-order valence-electron chi connectivity index (χ1n) is 15.2. The fourth-order valence-electron chi connectivity index (χ4n) is 5.88. The zero-order chi connectivity index (χ0) is 33.9. The Hall–Kier alpha value is -5.71. The van der Waals surface area contributed by atoms with E-state index in [9.17, 15) is 37.1 Å². The third-order valence-corrected chi connectivity index (χ3v) is 8.32. The van der Waals surface area contributed by atoms with Gasteiger partial charge in [-0.15, -0.1) is 0 Å². The van der Waals surface area contributed by atoms with Crippen LogP contribution >= 0.6 is 0 Å². The Morgan fingerprint density at radius 3 is 2.15 bits per heavy atom. The van der Waals surface area contributed by atoms with Crippen molar-refractivity contribution in [2.45, 2.75) is 13.0 Å². The van der Waals surface area contributed by atoms with E-state index in [2.05, 4.69) is 4.90 Å². The summed E-state index contributed by atoms with van der Waals surface area (Å²) in [5.41, 5.74) is -0.00855. The number of amides is 1. The maximum absolute atomic E-state index is 14.5. The van der Waals surface area contributed by atoms with E-state index >= 15 is 0 Å². The number of ketones is 1. The zero-order valence-corrected chi connectivity index (χ0v) is 25.5. The Morgan fingerprint density at radius 2 is 1.44 bits per heavy atom. The van der Waals surface area contributed by atoms with E-state index in [0.29, 0.717) is 36.9 Å². The van der Waals surface area contributed by atoms with Crippen LogP contribution in [0.3, 0.4) is 0 Å². The van der Waals surface area contributed by atoms with Gasteiger partial charge in [0, 0.05) is 73.6 Å². The standard InChI is InChI=1S/C37H29F4N3O4/c38-26-10-8-23(9-11-26)21-44-22-24(16-29-31(40)18-27(39)19-32(29)41)17-30(36(44)47)34(45)20-35(46)37(48)43-14-12-42(13-15-43)33-7-3-5-25-4-1-2-6-28(25)33/h1-11,17-20,22,45H,12-16,21H2. The van der Waals surface area contributed by atoms with Crippen LogP contribution in [-0.2, 0) is 22.6 Å². The molecule has 0 atom stereocenters. The van der Waals surface area contributed by atoms with Gasteiger partial charge in [-0.05, 0) is 40.8 Å². The van der Waals surface area contributed by atoms with Crippen LogP contribution in [0, 0.1) is 23.3 Å². The number of carbonyl (C=O) groups excluding carboxylic acids is 2. The molecule has 6 rings (SSSR count). The van der Waals surface area contributed by atoms with Crippen LogP contribution in [-0.4, -0.2) is 52.4 Å². The molecule has 1 aliphatic rings. The van der Waals surface area contributed by atoms with Gasteiger partial charge in [0.1, 0.15) is 29.0 Å². The molecule has 244 valence electrons. The topological polar surface area (TPSA) is 82.8 Å². The van der Waals surface area contributed by atoms with Crippen LogP contribution in [0.4, 0.5) is 23.2 Å². The third kappa shape index (κ3) is 6.85. The number of hydrogen-bond acceptors (Lipinski definition) is 5. The predicted octanol–water partition coefficient (Wildman–Crippen LogP) is 6.01. The number of halogens is 4. The van der Waals surface area contributed by atoms with Crippen molar-refractivity contribution in [1.29, 1.82) is 0 Å². The summed E-state index contributed by atoms with van der Waals surface area (Å²) in [5, 5.41) is 13.1. The van der Waals surface area contributed by atoms with Crippen LogP contribution in [0.25, 0.3) is 16.5 Å². The van der Waals surface area contributed by atoms with Gasteiger partial charge in [0.25, 0.3) is 11.5 Å². The van der Waals surface area contributed by atoms with E-state index in [-0.39, 0.29) is 25.2 Å². The summed E-state index contributed by atoms with van der Waals surface area (Å²) in [6.07, 6.45) is 1.52. The molecule has 0 unspecified atom stereocenters. The number of anilines is 1. The molecule has 0 aliphatic carbocycles. The number of aliphatic hydroxyl groups is 1. The molecule has 0 saturated carbocycles. The summed E-state index contributed by atoms with van der Waals surface area (Å²) < 4.78 is 57.2. The second-order valence-electron chi connectivity index (χ2n) is 11.5. The van der Waals surface area contributed by atoms with Crippen molar-refractivity contribution >= 4 is 33.9 Å². The normalized spacial score (nSPS) is 13.6. The molecule has 4 aromatic carbocycles. The van der Waals surface area contributed by atoms with E-state index in [4.69, 9.17) is 0 Å². The average Bonchev–Trinajstić information content (AvgIpc) is 3.08. The van der Waals surface area contributed by atoms with Crippen molar-refractivity contribution in [2.75, 3.05) is 31.1 Å². The number of aromatic nitrogens is 1. The number of nitrogens with zero attached hydrogens (tertiary/aromatic N) is 3. The number of aliphatic hydroxyl groups excluding tert-OH is 1. The maximum atomic E-state index is 14.5. The first kappa shape index (κ1) is 32.2. The third-order valence-electron chi connectivity index (χ3n) is 8.32. The molecule has 2 heterocycles. The first-order valence-corrected chi connectivity index (χ1v) is 15.2. The molecule has 1 N–H and O–H groups in total. The monoisotopic (exact) mass is 655 g/mol. The Bertz CT molecular complexity index is 2090. The van der Waals surface area contributed by atoms with E-state index in [1.54, 1.807) is 0 Å². The van der Waals surface area contributed by atoms with Gasteiger partial charge in [-0.3, -0.25) is 14.4 Å². The average molecular weight is 656 g/mol. The maximum Gasteiger partial charge on any atom is 0.294 e. The minimum absolute atomic E-state index is 0.116. The molecule has 11 heteroatoms. The summed E-state index contributed by atoms with van der Waals surface area (Å²) in [6.45, 7) is 1.31. The summed E-state index contributed by atoms with van der Waals surface area (Å²) in [5.74, 6) is -6.63. The summed E-state index contributed by atoms with van der Waals surface area (Å²) >= 11 is 0. The Kier molecular flexibility index (Phi) is 9.11. The molecule has 5 aromatic rings. The van der Waals surface area contributed by atoms with Crippen molar-refractivity contribution in [3.05, 3.63) is 153 Å². The van der Waals surface area contributed by atoms with Crippen molar-refractivity contribution in [1.82, 2.24) is 9.47 Å². The van der Waals surface area contributed by atoms with Crippen molar-refractivity contribution in [3.8, 4) is 0 Å².